The summed E-state index contributed by atoms with van der Waals surface area (Å²) in [6.45, 7) is 3.94. The van der Waals surface area contributed by atoms with Crippen molar-refractivity contribution in [2.24, 2.45) is 11.8 Å². The van der Waals surface area contributed by atoms with Gasteiger partial charge in [0.05, 0.1) is 12.8 Å². The molecule has 0 radical (unpaired) electrons. The molecule has 1 amide bonds. The number of carbonyl (C=O) groups excluding carboxylic acids is 2. The Balaban J connectivity index is 2.07. The fourth-order valence-corrected chi connectivity index (χ4v) is 2.20. The summed E-state index contributed by atoms with van der Waals surface area (Å²) in [5.74, 6) is -0.762. The van der Waals surface area contributed by atoms with E-state index >= 15 is 0 Å². The highest BCUT2D eigenvalue weighted by molar-refractivity contribution is 6.06. The third-order valence-corrected chi connectivity index (χ3v) is 3.44. The van der Waals surface area contributed by atoms with E-state index in [2.05, 4.69) is 5.32 Å². The monoisotopic (exact) mass is 277 g/mol. The average molecular weight is 277 g/mol. The molecule has 0 bridgehead atoms. The molecule has 0 saturated carbocycles. The van der Waals surface area contributed by atoms with Gasteiger partial charge in [-0.25, -0.2) is 0 Å². The number of benzene rings is 1. The number of para-hydroxylation sites is 2. The Hall–Kier alpha value is -2.04. The molecule has 1 heterocycles. The van der Waals surface area contributed by atoms with Crippen molar-refractivity contribution in [2.45, 2.75) is 26.4 Å². The molecule has 1 fully saturated rings. The van der Waals surface area contributed by atoms with E-state index < -0.39 is 11.9 Å². The maximum atomic E-state index is 12.2. The van der Waals surface area contributed by atoms with Gasteiger partial charge in [-0.3, -0.25) is 9.59 Å². The molecule has 2 atom stereocenters. The second kappa shape index (κ2) is 5.94. The number of anilines is 1. The van der Waals surface area contributed by atoms with E-state index in [1.165, 1.54) is 7.11 Å². The smallest absolute Gasteiger partial charge is 0.318 e. The lowest BCUT2D eigenvalue weighted by Crippen LogP contribution is -2.26. The van der Waals surface area contributed by atoms with E-state index in [-0.39, 0.29) is 17.9 Å². The molecule has 1 aromatic rings. The van der Waals surface area contributed by atoms with Gasteiger partial charge in [0, 0.05) is 6.42 Å². The van der Waals surface area contributed by atoms with Crippen molar-refractivity contribution in [1.29, 1.82) is 0 Å². The maximum Gasteiger partial charge on any atom is 0.318 e. The van der Waals surface area contributed by atoms with E-state index in [1.807, 2.05) is 19.9 Å². The van der Waals surface area contributed by atoms with Crippen LogP contribution >= 0.6 is 0 Å². The molecule has 0 spiro atoms. The van der Waals surface area contributed by atoms with Crippen LogP contribution in [-0.4, -0.2) is 25.1 Å². The van der Waals surface area contributed by atoms with Crippen molar-refractivity contribution in [1.82, 2.24) is 0 Å². The fourth-order valence-electron chi connectivity index (χ4n) is 2.20. The Labute approximate surface area is 118 Å². The first-order valence-corrected chi connectivity index (χ1v) is 6.67. The summed E-state index contributed by atoms with van der Waals surface area (Å²) in [6, 6.07) is 7.09. The third-order valence-electron chi connectivity index (χ3n) is 3.44. The Kier molecular flexibility index (Phi) is 4.27. The highest BCUT2D eigenvalue weighted by Crippen LogP contribution is 2.29. The average Bonchev–Trinajstić information content (AvgIpc) is 2.82. The van der Waals surface area contributed by atoms with Crippen LogP contribution in [0.25, 0.3) is 0 Å². The van der Waals surface area contributed by atoms with Crippen molar-refractivity contribution in [3.05, 3.63) is 24.3 Å². The van der Waals surface area contributed by atoms with Crippen molar-refractivity contribution in [3.63, 3.8) is 0 Å². The normalized spacial score (nSPS) is 21.7. The molecule has 108 valence electrons. The lowest BCUT2D eigenvalue weighted by Gasteiger charge is -2.12. The first-order chi connectivity index (χ1) is 9.52. The third kappa shape index (κ3) is 2.92. The van der Waals surface area contributed by atoms with Crippen LogP contribution in [0.5, 0.6) is 5.75 Å². The Morgan fingerprint density at radius 2 is 2.10 bits per heavy atom. The topological polar surface area (TPSA) is 64.6 Å². The van der Waals surface area contributed by atoms with Gasteiger partial charge in [0.2, 0.25) is 5.91 Å². The first-order valence-electron chi connectivity index (χ1n) is 6.67. The quantitative estimate of drug-likeness (QED) is 0.677. The number of ether oxygens (including phenoxy) is 2. The number of hydrogen-bond donors (Lipinski definition) is 1. The second-order valence-electron chi connectivity index (χ2n) is 5.20. The summed E-state index contributed by atoms with van der Waals surface area (Å²) in [5.41, 5.74) is 0.556. The van der Waals surface area contributed by atoms with Gasteiger partial charge >= 0.3 is 5.97 Å². The number of amides is 1. The Morgan fingerprint density at radius 3 is 2.70 bits per heavy atom. The zero-order valence-corrected chi connectivity index (χ0v) is 11.9. The highest BCUT2D eigenvalue weighted by Gasteiger charge is 2.40. The summed E-state index contributed by atoms with van der Waals surface area (Å²) in [5, 5.41) is 2.73. The van der Waals surface area contributed by atoms with E-state index in [0.29, 0.717) is 17.9 Å². The van der Waals surface area contributed by atoms with Gasteiger partial charge < -0.3 is 14.8 Å². The number of rotatable bonds is 4. The maximum absolute atomic E-state index is 12.2. The molecule has 1 N–H and O–H groups in total. The predicted octanol–water partition coefficient (Wildman–Crippen LogP) is 2.22. The minimum atomic E-state index is -0.743. The van der Waals surface area contributed by atoms with Crippen molar-refractivity contribution in [3.8, 4) is 5.75 Å². The Morgan fingerprint density at radius 1 is 1.40 bits per heavy atom. The van der Waals surface area contributed by atoms with Crippen LogP contribution in [0.3, 0.4) is 0 Å². The Bertz CT molecular complexity index is 512. The van der Waals surface area contributed by atoms with Crippen LogP contribution in [-0.2, 0) is 14.3 Å². The van der Waals surface area contributed by atoms with Gasteiger partial charge in [0.25, 0.3) is 0 Å². The summed E-state index contributed by atoms with van der Waals surface area (Å²) in [4.78, 5) is 24.0. The molecule has 1 aliphatic heterocycles. The second-order valence-corrected chi connectivity index (χ2v) is 5.20. The predicted molar refractivity (Wildman–Crippen MR) is 74.4 cm³/mol. The van der Waals surface area contributed by atoms with E-state index in [1.54, 1.807) is 18.2 Å². The van der Waals surface area contributed by atoms with Crippen LogP contribution in [0.1, 0.15) is 20.3 Å². The number of cyclic esters (lactones) is 1. The van der Waals surface area contributed by atoms with Crippen molar-refractivity contribution < 1.29 is 19.1 Å². The molecule has 5 nitrogen and oxygen atoms in total. The summed E-state index contributed by atoms with van der Waals surface area (Å²) >= 11 is 0. The molecule has 1 aliphatic rings. The first kappa shape index (κ1) is 14.4. The molecule has 2 rings (SSSR count). The van der Waals surface area contributed by atoms with Gasteiger partial charge in [-0.05, 0) is 18.1 Å². The summed E-state index contributed by atoms with van der Waals surface area (Å²) in [7, 11) is 1.53. The van der Waals surface area contributed by atoms with Crippen LogP contribution in [0.15, 0.2) is 24.3 Å². The highest BCUT2D eigenvalue weighted by atomic mass is 16.6. The molecule has 5 heteroatoms. The van der Waals surface area contributed by atoms with Crippen LogP contribution in [0.4, 0.5) is 5.69 Å². The fraction of sp³-hybridized carbons (Fsp3) is 0.467. The van der Waals surface area contributed by atoms with Gasteiger partial charge in [-0.1, -0.05) is 26.0 Å². The zero-order chi connectivity index (χ0) is 14.7. The van der Waals surface area contributed by atoms with Crippen molar-refractivity contribution in [2.75, 3.05) is 12.4 Å². The molecule has 1 saturated heterocycles. The van der Waals surface area contributed by atoms with Crippen LogP contribution < -0.4 is 10.1 Å². The molecule has 20 heavy (non-hydrogen) atoms. The van der Waals surface area contributed by atoms with Crippen molar-refractivity contribution >= 4 is 17.6 Å². The molecular formula is C15H19NO4. The zero-order valence-electron chi connectivity index (χ0n) is 11.9. The SMILES string of the molecule is COc1ccccc1NC(=O)[C@@H]1C[C@@H](C(C)C)OC1=O. The summed E-state index contributed by atoms with van der Waals surface area (Å²) in [6.07, 6.45) is 0.244. The standard InChI is InChI=1S/C15H19NO4/c1-9(2)13-8-10(15(18)20-13)14(17)16-11-6-4-5-7-12(11)19-3/h4-7,9-10,13H,8H2,1-3H3,(H,16,17)/t10-,13-/m0/s1. The van der Waals surface area contributed by atoms with Gasteiger partial charge in [0.15, 0.2) is 0 Å². The minimum absolute atomic E-state index is 0.184. The molecule has 1 aromatic carbocycles. The number of esters is 1. The molecule has 0 unspecified atom stereocenters. The van der Waals surface area contributed by atoms with Gasteiger partial charge in [-0.15, -0.1) is 0 Å². The lowest BCUT2D eigenvalue weighted by molar-refractivity contribution is -0.147. The molecular weight excluding hydrogens is 258 g/mol. The number of carbonyl (C=O) groups is 2. The minimum Gasteiger partial charge on any atom is -0.495 e. The van der Waals surface area contributed by atoms with E-state index in [4.69, 9.17) is 9.47 Å². The number of methoxy groups -OCH3 is 1. The largest absolute Gasteiger partial charge is 0.495 e. The number of hydrogen-bond acceptors (Lipinski definition) is 4. The van der Waals surface area contributed by atoms with E-state index in [0.717, 1.165) is 0 Å². The molecule has 0 aromatic heterocycles. The molecule has 0 aliphatic carbocycles. The van der Waals surface area contributed by atoms with Crippen LogP contribution in [0.2, 0.25) is 0 Å². The lowest BCUT2D eigenvalue weighted by atomic mass is 9.97. The van der Waals surface area contributed by atoms with E-state index in [9.17, 15) is 9.59 Å². The number of nitrogens with one attached hydrogen (secondary N) is 1. The summed E-state index contributed by atoms with van der Waals surface area (Å²) < 4.78 is 10.4. The van der Waals surface area contributed by atoms with Crippen LogP contribution in [0, 0.1) is 11.8 Å². The van der Waals surface area contributed by atoms with Gasteiger partial charge in [0.1, 0.15) is 17.8 Å². The van der Waals surface area contributed by atoms with Gasteiger partial charge in [-0.2, -0.15) is 0 Å².